The smallest absolute Gasteiger partial charge is 0.309 e. The molecule has 0 aromatic heterocycles. The van der Waals surface area contributed by atoms with E-state index in [0.29, 0.717) is 12.5 Å². The van der Waals surface area contributed by atoms with Gasteiger partial charge < -0.3 is 4.74 Å². The van der Waals surface area contributed by atoms with Crippen molar-refractivity contribution < 1.29 is 9.53 Å². The van der Waals surface area contributed by atoms with E-state index in [0.717, 1.165) is 12.0 Å². The molecule has 86 valence electrons. The summed E-state index contributed by atoms with van der Waals surface area (Å²) < 4.78 is 5.34. The highest BCUT2D eigenvalue weighted by Gasteiger charge is 2.35. The predicted molar refractivity (Wildman–Crippen MR) is 62.7 cm³/mol. The minimum absolute atomic E-state index is 0.0196. The zero-order chi connectivity index (χ0) is 11.4. The maximum atomic E-state index is 11.8. The van der Waals surface area contributed by atoms with Gasteiger partial charge in [0.1, 0.15) is 6.61 Å². The third kappa shape index (κ3) is 2.84. The molecule has 1 aromatic carbocycles. The molecule has 1 atom stereocenters. The summed E-state index contributed by atoms with van der Waals surface area (Å²) in [7, 11) is 0. The average molecular weight is 218 g/mol. The molecule has 0 N–H and O–H groups in total. The minimum atomic E-state index is -0.0196. The van der Waals surface area contributed by atoms with Gasteiger partial charge in [0.2, 0.25) is 0 Å². The van der Waals surface area contributed by atoms with Gasteiger partial charge in [-0.15, -0.1) is 0 Å². The van der Waals surface area contributed by atoms with E-state index in [2.05, 4.69) is 6.92 Å². The summed E-state index contributed by atoms with van der Waals surface area (Å²) >= 11 is 0. The lowest BCUT2D eigenvalue weighted by molar-refractivity contribution is -0.150. The normalized spacial score (nSPS) is 16.8. The second-order valence-electron chi connectivity index (χ2n) is 4.45. The van der Waals surface area contributed by atoms with Gasteiger partial charge in [-0.25, -0.2) is 0 Å². The highest BCUT2D eigenvalue weighted by Crippen LogP contribution is 2.39. The first kappa shape index (κ1) is 11.2. The monoisotopic (exact) mass is 218 g/mol. The van der Waals surface area contributed by atoms with Crippen LogP contribution in [0.3, 0.4) is 0 Å². The largest absolute Gasteiger partial charge is 0.461 e. The topological polar surface area (TPSA) is 26.3 Å². The number of carbonyl (C=O) groups excluding carboxylic acids is 1. The van der Waals surface area contributed by atoms with E-state index in [1.807, 2.05) is 30.3 Å². The van der Waals surface area contributed by atoms with E-state index >= 15 is 0 Å². The lowest BCUT2D eigenvalue weighted by Gasteiger charge is -2.12. The fraction of sp³-hybridized carbons (Fsp3) is 0.500. The molecular formula is C14H18O2. The third-order valence-corrected chi connectivity index (χ3v) is 3.16. The van der Waals surface area contributed by atoms with Crippen LogP contribution < -0.4 is 0 Å². The van der Waals surface area contributed by atoms with Gasteiger partial charge in [0.15, 0.2) is 0 Å². The Bertz CT molecular complexity index is 341. The standard InChI is InChI=1S/C14H18O2/c1-2-13(12-8-9-12)14(15)16-10-11-6-4-3-5-7-11/h3-7,12-13H,2,8-10H2,1H3. The zero-order valence-corrected chi connectivity index (χ0v) is 9.69. The van der Waals surface area contributed by atoms with Crippen LogP contribution in [0.25, 0.3) is 0 Å². The fourth-order valence-electron chi connectivity index (χ4n) is 2.03. The molecule has 2 nitrogen and oxygen atoms in total. The summed E-state index contributed by atoms with van der Waals surface area (Å²) in [5.41, 5.74) is 1.06. The zero-order valence-electron chi connectivity index (χ0n) is 9.69. The van der Waals surface area contributed by atoms with E-state index in [4.69, 9.17) is 4.74 Å². The summed E-state index contributed by atoms with van der Waals surface area (Å²) in [6.45, 7) is 2.47. The SMILES string of the molecule is CCC(C(=O)OCc1ccccc1)C1CC1. The molecule has 1 unspecified atom stereocenters. The van der Waals surface area contributed by atoms with Crippen molar-refractivity contribution in [3.63, 3.8) is 0 Å². The Hall–Kier alpha value is -1.31. The number of ether oxygens (including phenoxy) is 1. The van der Waals surface area contributed by atoms with Crippen molar-refractivity contribution >= 4 is 5.97 Å². The molecule has 0 spiro atoms. The van der Waals surface area contributed by atoms with Crippen LogP contribution in [-0.4, -0.2) is 5.97 Å². The molecule has 0 radical (unpaired) electrons. The molecule has 0 aliphatic heterocycles. The lowest BCUT2D eigenvalue weighted by Crippen LogP contribution is -2.18. The highest BCUT2D eigenvalue weighted by atomic mass is 16.5. The number of benzene rings is 1. The fourth-order valence-corrected chi connectivity index (χ4v) is 2.03. The van der Waals surface area contributed by atoms with Crippen molar-refractivity contribution in [3.05, 3.63) is 35.9 Å². The van der Waals surface area contributed by atoms with E-state index in [1.165, 1.54) is 12.8 Å². The Labute approximate surface area is 96.6 Å². The van der Waals surface area contributed by atoms with Gasteiger partial charge in [-0.3, -0.25) is 4.79 Å². The summed E-state index contributed by atoms with van der Waals surface area (Å²) in [5, 5.41) is 0. The van der Waals surface area contributed by atoms with Crippen molar-refractivity contribution in [1.29, 1.82) is 0 Å². The molecule has 16 heavy (non-hydrogen) atoms. The molecule has 1 fully saturated rings. The van der Waals surface area contributed by atoms with Crippen LogP contribution in [0.15, 0.2) is 30.3 Å². The van der Waals surface area contributed by atoms with Crippen LogP contribution in [-0.2, 0) is 16.1 Å². The Balaban J connectivity index is 1.83. The molecule has 1 aliphatic carbocycles. The van der Waals surface area contributed by atoms with Crippen molar-refractivity contribution in [2.45, 2.75) is 32.8 Å². The Morgan fingerprint density at radius 1 is 1.38 bits per heavy atom. The van der Waals surface area contributed by atoms with Crippen LogP contribution in [0, 0.1) is 11.8 Å². The molecule has 0 bridgehead atoms. The Kier molecular flexibility index (Phi) is 3.60. The molecule has 2 rings (SSSR count). The quantitative estimate of drug-likeness (QED) is 0.709. The van der Waals surface area contributed by atoms with Gasteiger partial charge >= 0.3 is 5.97 Å². The minimum Gasteiger partial charge on any atom is -0.461 e. The molecule has 1 saturated carbocycles. The van der Waals surface area contributed by atoms with E-state index < -0.39 is 0 Å². The molecule has 0 amide bonds. The average Bonchev–Trinajstić information content (AvgIpc) is 3.13. The van der Waals surface area contributed by atoms with Crippen LogP contribution in [0.1, 0.15) is 31.7 Å². The third-order valence-electron chi connectivity index (χ3n) is 3.16. The van der Waals surface area contributed by atoms with Crippen molar-refractivity contribution in [2.75, 3.05) is 0 Å². The Morgan fingerprint density at radius 3 is 2.62 bits per heavy atom. The lowest BCUT2D eigenvalue weighted by atomic mass is 10.0. The number of rotatable bonds is 5. The summed E-state index contributed by atoms with van der Waals surface area (Å²) in [6.07, 6.45) is 3.29. The molecule has 0 heterocycles. The first-order chi connectivity index (χ1) is 7.81. The number of carbonyl (C=O) groups is 1. The molecular weight excluding hydrogens is 200 g/mol. The van der Waals surface area contributed by atoms with Gasteiger partial charge in [0.05, 0.1) is 5.92 Å². The Morgan fingerprint density at radius 2 is 2.06 bits per heavy atom. The van der Waals surface area contributed by atoms with Gasteiger partial charge in [-0.05, 0) is 30.7 Å². The van der Waals surface area contributed by atoms with Gasteiger partial charge in [0, 0.05) is 0 Å². The maximum Gasteiger partial charge on any atom is 0.309 e. The number of hydrogen-bond acceptors (Lipinski definition) is 2. The predicted octanol–water partition coefficient (Wildman–Crippen LogP) is 3.17. The van der Waals surface area contributed by atoms with Crippen LogP contribution in [0.5, 0.6) is 0 Å². The van der Waals surface area contributed by atoms with E-state index in [1.54, 1.807) is 0 Å². The second kappa shape index (κ2) is 5.15. The number of esters is 1. The van der Waals surface area contributed by atoms with Crippen molar-refractivity contribution in [3.8, 4) is 0 Å². The van der Waals surface area contributed by atoms with Crippen LogP contribution in [0.4, 0.5) is 0 Å². The molecule has 2 heteroatoms. The maximum absolute atomic E-state index is 11.8. The van der Waals surface area contributed by atoms with E-state index in [9.17, 15) is 4.79 Å². The number of hydrogen-bond donors (Lipinski definition) is 0. The molecule has 0 saturated heterocycles. The van der Waals surface area contributed by atoms with Gasteiger partial charge in [-0.1, -0.05) is 37.3 Å². The van der Waals surface area contributed by atoms with Crippen molar-refractivity contribution in [1.82, 2.24) is 0 Å². The first-order valence-corrected chi connectivity index (χ1v) is 6.02. The highest BCUT2D eigenvalue weighted by molar-refractivity contribution is 5.73. The second-order valence-corrected chi connectivity index (χ2v) is 4.45. The molecule has 1 aliphatic rings. The van der Waals surface area contributed by atoms with Gasteiger partial charge in [-0.2, -0.15) is 0 Å². The van der Waals surface area contributed by atoms with Crippen LogP contribution >= 0.6 is 0 Å². The van der Waals surface area contributed by atoms with E-state index in [-0.39, 0.29) is 11.9 Å². The van der Waals surface area contributed by atoms with Gasteiger partial charge in [0.25, 0.3) is 0 Å². The summed E-state index contributed by atoms with van der Waals surface area (Å²) in [6, 6.07) is 9.84. The summed E-state index contributed by atoms with van der Waals surface area (Å²) in [4.78, 5) is 11.8. The molecule has 1 aromatic rings. The first-order valence-electron chi connectivity index (χ1n) is 6.02. The van der Waals surface area contributed by atoms with Crippen molar-refractivity contribution in [2.24, 2.45) is 11.8 Å². The van der Waals surface area contributed by atoms with Crippen LogP contribution in [0.2, 0.25) is 0 Å². The summed E-state index contributed by atoms with van der Waals surface area (Å²) in [5.74, 6) is 0.700.